The van der Waals surface area contributed by atoms with Gasteiger partial charge in [-0.25, -0.2) is 0 Å². The standard InChI is InChI=1S/C17H26N2/c1-14-12-15(2)17(16(3)13-14)6-4-5-9-19-10-7-18-8-11-19/h4,6,12-13,18H,5,7-11H2,1-3H3/b6-4+. The summed E-state index contributed by atoms with van der Waals surface area (Å²) in [7, 11) is 0. The first-order valence-electron chi connectivity index (χ1n) is 7.34. The molecule has 0 atom stereocenters. The summed E-state index contributed by atoms with van der Waals surface area (Å²) in [5.74, 6) is 0. The van der Waals surface area contributed by atoms with Crippen LogP contribution >= 0.6 is 0 Å². The van der Waals surface area contributed by atoms with Crippen molar-refractivity contribution in [3.8, 4) is 0 Å². The third kappa shape index (κ3) is 4.19. The van der Waals surface area contributed by atoms with Crippen LogP contribution < -0.4 is 5.32 Å². The quantitative estimate of drug-likeness (QED) is 0.893. The molecule has 0 amide bonds. The van der Waals surface area contributed by atoms with Crippen LogP contribution in [0.3, 0.4) is 0 Å². The van der Waals surface area contributed by atoms with Gasteiger partial charge in [-0.15, -0.1) is 0 Å². The number of benzene rings is 1. The smallest absolute Gasteiger partial charge is 0.0107 e. The lowest BCUT2D eigenvalue weighted by molar-refractivity contribution is 0.245. The van der Waals surface area contributed by atoms with Crippen LogP contribution in [0.5, 0.6) is 0 Å². The van der Waals surface area contributed by atoms with Crippen molar-refractivity contribution in [2.75, 3.05) is 32.7 Å². The maximum atomic E-state index is 3.39. The molecular weight excluding hydrogens is 232 g/mol. The van der Waals surface area contributed by atoms with Gasteiger partial charge in [-0.1, -0.05) is 29.8 Å². The van der Waals surface area contributed by atoms with E-state index < -0.39 is 0 Å². The molecular formula is C17H26N2. The topological polar surface area (TPSA) is 15.3 Å². The van der Waals surface area contributed by atoms with Crippen molar-refractivity contribution >= 4 is 6.08 Å². The van der Waals surface area contributed by atoms with E-state index in [-0.39, 0.29) is 0 Å². The fraction of sp³-hybridized carbons (Fsp3) is 0.529. The molecule has 0 radical (unpaired) electrons. The zero-order chi connectivity index (χ0) is 13.7. The van der Waals surface area contributed by atoms with Gasteiger partial charge in [-0.2, -0.15) is 0 Å². The van der Waals surface area contributed by atoms with Crippen molar-refractivity contribution in [2.45, 2.75) is 27.2 Å². The lowest BCUT2D eigenvalue weighted by atomic mass is 9.99. The molecule has 1 N–H and O–H groups in total. The second kappa shape index (κ2) is 6.88. The molecule has 2 heteroatoms. The van der Waals surface area contributed by atoms with E-state index >= 15 is 0 Å². The predicted octanol–water partition coefficient (Wildman–Crippen LogP) is 2.92. The van der Waals surface area contributed by atoms with E-state index in [1.54, 1.807) is 0 Å². The van der Waals surface area contributed by atoms with Crippen LogP contribution in [0.1, 0.15) is 28.7 Å². The second-order valence-electron chi connectivity index (χ2n) is 5.60. The lowest BCUT2D eigenvalue weighted by Gasteiger charge is -2.26. The summed E-state index contributed by atoms with van der Waals surface area (Å²) in [5, 5.41) is 3.39. The summed E-state index contributed by atoms with van der Waals surface area (Å²) in [6.07, 6.45) is 5.77. The minimum absolute atomic E-state index is 1.14. The van der Waals surface area contributed by atoms with E-state index in [1.807, 2.05) is 0 Å². The Kier molecular flexibility index (Phi) is 5.17. The Morgan fingerprint density at radius 2 is 1.74 bits per heavy atom. The van der Waals surface area contributed by atoms with Crippen LogP contribution in [0.4, 0.5) is 0 Å². The van der Waals surface area contributed by atoms with E-state index in [9.17, 15) is 0 Å². The van der Waals surface area contributed by atoms with E-state index in [0.717, 1.165) is 19.5 Å². The van der Waals surface area contributed by atoms with Crippen molar-refractivity contribution in [1.82, 2.24) is 10.2 Å². The van der Waals surface area contributed by atoms with Crippen molar-refractivity contribution in [1.29, 1.82) is 0 Å². The zero-order valence-corrected chi connectivity index (χ0v) is 12.5. The highest BCUT2D eigenvalue weighted by molar-refractivity contribution is 5.58. The summed E-state index contributed by atoms with van der Waals surface area (Å²) in [4.78, 5) is 2.54. The number of piperazine rings is 1. The Hall–Kier alpha value is -1.12. The maximum Gasteiger partial charge on any atom is 0.0107 e. The molecule has 1 heterocycles. The lowest BCUT2D eigenvalue weighted by Crippen LogP contribution is -2.43. The predicted molar refractivity (Wildman–Crippen MR) is 83.6 cm³/mol. The fourth-order valence-corrected chi connectivity index (χ4v) is 2.85. The van der Waals surface area contributed by atoms with Gasteiger partial charge < -0.3 is 10.2 Å². The van der Waals surface area contributed by atoms with Crippen molar-refractivity contribution in [3.63, 3.8) is 0 Å². The molecule has 1 aliphatic heterocycles. The summed E-state index contributed by atoms with van der Waals surface area (Å²) < 4.78 is 0. The van der Waals surface area contributed by atoms with Crippen LogP contribution in [0, 0.1) is 20.8 Å². The molecule has 0 unspecified atom stereocenters. The first kappa shape index (κ1) is 14.3. The number of hydrogen-bond donors (Lipinski definition) is 1. The first-order valence-corrected chi connectivity index (χ1v) is 7.34. The van der Waals surface area contributed by atoms with Gasteiger partial charge in [-0.05, 0) is 43.9 Å². The van der Waals surface area contributed by atoms with Crippen LogP contribution in [0.25, 0.3) is 6.08 Å². The van der Waals surface area contributed by atoms with Gasteiger partial charge in [0.15, 0.2) is 0 Å². The number of rotatable bonds is 4. The van der Waals surface area contributed by atoms with E-state index in [4.69, 9.17) is 0 Å². The van der Waals surface area contributed by atoms with Crippen molar-refractivity contribution in [3.05, 3.63) is 40.5 Å². The molecule has 0 spiro atoms. The molecule has 104 valence electrons. The largest absolute Gasteiger partial charge is 0.314 e. The van der Waals surface area contributed by atoms with Crippen molar-refractivity contribution < 1.29 is 0 Å². The maximum absolute atomic E-state index is 3.39. The van der Waals surface area contributed by atoms with E-state index in [0.29, 0.717) is 0 Å². The molecule has 1 fully saturated rings. The van der Waals surface area contributed by atoms with Crippen LogP contribution in [-0.2, 0) is 0 Å². The Bertz CT molecular complexity index is 420. The Morgan fingerprint density at radius 3 is 2.37 bits per heavy atom. The normalized spacial score (nSPS) is 17.2. The Labute approximate surface area is 117 Å². The fourth-order valence-electron chi connectivity index (χ4n) is 2.85. The van der Waals surface area contributed by atoms with Gasteiger partial charge in [0.05, 0.1) is 0 Å². The van der Waals surface area contributed by atoms with Gasteiger partial charge in [-0.3, -0.25) is 0 Å². The monoisotopic (exact) mass is 258 g/mol. The molecule has 2 nitrogen and oxygen atoms in total. The van der Waals surface area contributed by atoms with Crippen LogP contribution in [0.2, 0.25) is 0 Å². The highest BCUT2D eigenvalue weighted by atomic mass is 15.2. The Balaban J connectivity index is 1.88. The number of nitrogens with one attached hydrogen (secondary N) is 1. The minimum Gasteiger partial charge on any atom is -0.314 e. The van der Waals surface area contributed by atoms with Crippen LogP contribution in [-0.4, -0.2) is 37.6 Å². The molecule has 1 aliphatic rings. The third-order valence-electron chi connectivity index (χ3n) is 3.84. The van der Waals surface area contributed by atoms with Gasteiger partial charge in [0.1, 0.15) is 0 Å². The van der Waals surface area contributed by atoms with Crippen LogP contribution in [0.15, 0.2) is 18.2 Å². The number of nitrogens with zero attached hydrogens (tertiary/aromatic N) is 1. The summed E-state index contributed by atoms with van der Waals surface area (Å²) in [6.45, 7) is 12.4. The first-order chi connectivity index (χ1) is 9.16. The van der Waals surface area contributed by atoms with Gasteiger partial charge in [0.25, 0.3) is 0 Å². The van der Waals surface area contributed by atoms with Crippen molar-refractivity contribution in [2.24, 2.45) is 0 Å². The van der Waals surface area contributed by atoms with E-state index in [1.165, 1.54) is 41.9 Å². The van der Waals surface area contributed by atoms with E-state index in [2.05, 4.69) is 55.3 Å². The number of hydrogen-bond acceptors (Lipinski definition) is 2. The average molecular weight is 258 g/mol. The van der Waals surface area contributed by atoms with Gasteiger partial charge in [0.2, 0.25) is 0 Å². The average Bonchev–Trinajstić information content (AvgIpc) is 2.38. The Morgan fingerprint density at radius 1 is 1.11 bits per heavy atom. The highest BCUT2D eigenvalue weighted by Gasteiger charge is 2.07. The molecule has 0 saturated carbocycles. The van der Waals surface area contributed by atoms with Gasteiger partial charge >= 0.3 is 0 Å². The molecule has 1 aromatic rings. The molecule has 0 aliphatic carbocycles. The number of aryl methyl sites for hydroxylation is 3. The minimum atomic E-state index is 1.14. The molecule has 0 bridgehead atoms. The molecule has 0 aromatic heterocycles. The molecule has 2 rings (SSSR count). The summed E-state index contributed by atoms with van der Waals surface area (Å²) in [6, 6.07) is 4.53. The third-order valence-corrected chi connectivity index (χ3v) is 3.84. The highest BCUT2D eigenvalue weighted by Crippen LogP contribution is 2.18. The summed E-state index contributed by atoms with van der Waals surface area (Å²) in [5.41, 5.74) is 5.52. The molecule has 19 heavy (non-hydrogen) atoms. The molecule has 1 saturated heterocycles. The SMILES string of the molecule is Cc1cc(C)c(/C=C/CCN2CCNCC2)c(C)c1. The summed E-state index contributed by atoms with van der Waals surface area (Å²) >= 11 is 0. The second-order valence-corrected chi connectivity index (χ2v) is 5.60. The van der Waals surface area contributed by atoms with Gasteiger partial charge in [0, 0.05) is 32.7 Å². The zero-order valence-electron chi connectivity index (χ0n) is 12.5. The molecule has 1 aromatic carbocycles.